The number of aliphatic hydroxyl groups is 1. The number of nitrogens with two attached hydrogens (primary N) is 1. The van der Waals surface area contributed by atoms with Gasteiger partial charge in [0.2, 0.25) is 0 Å². The van der Waals surface area contributed by atoms with Gasteiger partial charge in [0.1, 0.15) is 0 Å². The quantitative estimate of drug-likeness (QED) is 0.805. The van der Waals surface area contributed by atoms with Gasteiger partial charge in [0.15, 0.2) is 0 Å². The maximum Gasteiger partial charge on any atom is 0.0760 e. The molecule has 1 aliphatic carbocycles. The van der Waals surface area contributed by atoms with Crippen LogP contribution in [0.1, 0.15) is 24.4 Å². The van der Waals surface area contributed by atoms with E-state index in [4.69, 9.17) is 17.3 Å². The SMILES string of the molecule is N[C@H](c1cccc(Cl)c1)[C@@H](O)C1CC1. The Labute approximate surface area is 88.7 Å². The molecule has 0 heterocycles. The molecule has 76 valence electrons. The molecule has 14 heavy (non-hydrogen) atoms. The number of hydrogen-bond donors (Lipinski definition) is 2. The van der Waals surface area contributed by atoms with Crippen molar-refractivity contribution >= 4 is 11.6 Å². The van der Waals surface area contributed by atoms with Crippen LogP contribution in [0.25, 0.3) is 0 Å². The van der Waals surface area contributed by atoms with Crippen molar-refractivity contribution < 1.29 is 5.11 Å². The Morgan fingerprint density at radius 1 is 1.43 bits per heavy atom. The fourth-order valence-electron chi connectivity index (χ4n) is 1.64. The third-order valence-electron chi connectivity index (χ3n) is 2.71. The van der Waals surface area contributed by atoms with Gasteiger partial charge in [-0.25, -0.2) is 0 Å². The molecule has 0 spiro atoms. The number of benzene rings is 1. The van der Waals surface area contributed by atoms with Gasteiger partial charge < -0.3 is 10.8 Å². The summed E-state index contributed by atoms with van der Waals surface area (Å²) < 4.78 is 0. The highest BCUT2D eigenvalue weighted by Gasteiger charge is 2.34. The summed E-state index contributed by atoms with van der Waals surface area (Å²) in [5.41, 5.74) is 6.85. The third kappa shape index (κ3) is 2.08. The second-order valence-electron chi connectivity index (χ2n) is 3.91. The van der Waals surface area contributed by atoms with Gasteiger partial charge in [-0.05, 0) is 36.5 Å². The van der Waals surface area contributed by atoms with E-state index in [1.807, 2.05) is 18.2 Å². The Morgan fingerprint density at radius 3 is 2.71 bits per heavy atom. The summed E-state index contributed by atoms with van der Waals surface area (Å²) in [5, 5.41) is 10.5. The Kier molecular flexibility index (Phi) is 2.77. The molecule has 0 bridgehead atoms. The minimum atomic E-state index is -0.423. The first-order valence-corrected chi connectivity index (χ1v) is 5.25. The van der Waals surface area contributed by atoms with Gasteiger partial charge in [0.25, 0.3) is 0 Å². The van der Waals surface area contributed by atoms with Gasteiger partial charge in [-0.3, -0.25) is 0 Å². The standard InChI is InChI=1S/C11H14ClNO/c12-9-3-1-2-8(6-9)10(13)11(14)7-4-5-7/h1-3,6-7,10-11,14H,4-5,13H2/t10-,11+/m1/s1. The predicted molar refractivity (Wildman–Crippen MR) is 57.1 cm³/mol. The van der Waals surface area contributed by atoms with Gasteiger partial charge in [-0.2, -0.15) is 0 Å². The van der Waals surface area contributed by atoms with E-state index in [0.717, 1.165) is 18.4 Å². The van der Waals surface area contributed by atoms with Crippen LogP contribution in [-0.2, 0) is 0 Å². The predicted octanol–water partition coefficient (Wildman–Crippen LogP) is 2.11. The summed E-state index contributed by atoms with van der Waals surface area (Å²) in [6.45, 7) is 0. The molecule has 2 atom stereocenters. The summed E-state index contributed by atoms with van der Waals surface area (Å²) in [6.07, 6.45) is 1.76. The lowest BCUT2D eigenvalue weighted by molar-refractivity contribution is 0.122. The van der Waals surface area contributed by atoms with Gasteiger partial charge >= 0.3 is 0 Å². The van der Waals surface area contributed by atoms with Crippen molar-refractivity contribution in [3.63, 3.8) is 0 Å². The smallest absolute Gasteiger partial charge is 0.0760 e. The van der Waals surface area contributed by atoms with Gasteiger partial charge in [0.05, 0.1) is 12.1 Å². The van der Waals surface area contributed by atoms with Crippen molar-refractivity contribution in [3.05, 3.63) is 34.9 Å². The van der Waals surface area contributed by atoms with E-state index in [-0.39, 0.29) is 6.04 Å². The highest BCUT2D eigenvalue weighted by Crippen LogP contribution is 2.37. The number of aliphatic hydroxyl groups excluding tert-OH is 1. The third-order valence-corrected chi connectivity index (χ3v) is 2.94. The molecular weight excluding hydrogens is 198 g/mol. The largest absolute Gasteiger partial charge is 0.391 e. The molecule has 0 aromatic heterocycles. The van der Waals surface area contributed by atoms with Gasteiger partial charge in [-0.15, -0.1) is 0 Å². The van der Waals surface area contributed by atoms with E-state index >= 15 is 0 Å². The van der Waals surface area contributed by atoms with Crippen molar-refractivity contribution in [1.82, 2.24) is 0 Å². The van der Waals surface area contributed by atoms with Crippen LogP contribution in [0, 0.1) is 5.92 Å². The molecule has 3 N–H and O–H groups in total. The monoisotopic (exact) mass is 211 g/mol. The summed E-state index contributed by atoms with van der Waals surface area (Å²) in [7, 11) is 0. The molecule has 1 fully saturated rings. The minimum Gasteiger partial charge on any atom is -0.391 e. The molecule has 0 unspecified atom stereocenters. The first-order chi connectivity index (χ1) is 6.68. The molecule has 1 aromatic rings. The van der Waals surface area contributed by atoms with Crippen LogP contribution in [0.5, 0.6) is 0 Å². The second kappa shape index (κ2) is 3.89. The van der Waals surface area contributed by atoms with Crippen LogP contribution in [0.3, 0.4) is 0 Å². The van der Waals surface area contributed by atoms with E-state index < -0.39 is 6.10 Å². The van der Waals surface area contributed by atoms with E-state index in [2.05, 4.69) is 0 Å². The Bertz CT molecular complexity index is 325. The van der Waals surface area contributed by atoms with Crippen LogP contribution < -0.4 is 5.73 Å². The average Bonchev–Trinajstić information content (AvgIpc) is 2.99. The van der Waals surface area contributed by atoms with Crippen molar-refractivity contribution in [2.45, 2.75) is 25.0 Å². The lowest BCUT2D eigenvalue weighted by Gasteiger charge is -2.18. The molecule has 0 saturated heterocycles. The maximum absolute atomic E-state index is 9.83. The van der Waals surface area contributed by atoms with Crippen molar-refractivity contribution in [2.24, 2.45) is 11.7 Å². The molecule has 2 nitrogen and oxygen atoms in total. The molecule has 0 amide bonds. The van der Waals surface area contributed by atoms with E-state index in [0.29, 0.717) is 10.9 Å². The van der Waals surface area contributed by atoms with Crippen molar-refractivity contribution in [3.8, 4) is 0 Å². The summed E-state index contributed by atoms with van der Waals surface area (Å²) in [4.78, 5) is 0. The molecule has 0 aliphatic heterocycles. The fraction of sp³-hybridized carbons (Fsp3) is 0.455. The molecule has 0 radical (unpaired) electrons. The molecule has 1 saturated carbocycles. The van der Waals surface area contributed by atoms with Crippen LogP contribution in [0.15, 0.2) is 24.3 Å². The number of halogens is 1. The molecule has 2 rings (SSSR count). The summed E-state index contributed by atoms with van der Waals surface area (Å²) >= 11 is 5.85. The molecule has 3 heteroatoms. The maximum atomic E-state index is 9.83. The zero-order valence-corrected chi connectivity index (χ0v) is 8.61. The van der Waals surface area contributed by atoms with Crippen LogP contribution in [0.4, 0.5) is 0 Å². The van der Waals surface area contributed by atoms with Crippen LogP contribution in [0.2, 0.25) is 5.02 Å². The number of rotatable bonds is 3. The first-order valence-electron chi connectivity index (χ1n) is 4.87. The Balaban J connectivity index is 2.13. The van der Waals surface area contributed by atoms with Crippen molar-refractivity contribution in [2.75, 3.05) is 0 Å². The fourth-order valence-corrected chi connectivity index (χ4v) is 1.84. The minimum absolute atomic E-state index is 0.304. The van der Waals surface area contributed by atoms with Crippen LogP contribution in [-0.4, -0.2) is 11.2 Å². The highest BCUT2D eigenvalue weighted by molar-refractivity contribution is 6.30. The zero-order valence-electron chi connectivity index (χ0n) is 7.86. The molecule has 1 aliphatic rings. The lowest BCUT2D eigenvalue weighted by Crippen LogP contribution is -2.27. The molecular formula is C11H14ClNO. The lowest BCUT2D eigenvalue weighted by atomic mass is 9.99. The highest BCUT2D eigenvalue weighted by atomic mass is 35.5. The first kappa shape index (κ1) is 9.97. The van der Waals surface area contributed by atoms with Crippen molar-refractivity contribution in [1.29, 1.82) is 0 Å². The Hall–Kier alpha value is -0.570. The zero-order chi connectivity index (χ0) is 10.1. The summed E-state index contributed by atoms with van der Waals surface area (Å²) in [5.74, 6) is 0.393. The van der Waals surface area contributed by atoms with Crippen LogP contribution >= 0.6 is 11.6 Å². The normalized spacial score (nSPS) is 20.5. The van der Waals surface area contributed by atoms with Gasteiger partial charge in [0, 0.05) is 5.02 Å². The van der Waals surface area contributed by atoms with E-state index in [1.165, 1.54) is 0 Å². The van der Waals surface area contributed by atoms with E-state index in [1.54, 1.807) is 6.07 Å². The number of hydrogen-bond acceptors (Lipinski definition) is 2. The summed E-state index contributed by atoms with van der Waals surface area (Å²) in [6, 6.07) is 7.08. The Morgan fingerprint density at radius 2 is 2.14 bits per heavy atom. The van der Waals surface area contributed by atoms with E-state index in [9.17, 15) is 5.11 Å². The second-order valence-corrected chi connectivity index (χ2v) is 4.35. The topological polar surface area (TPSA) is 46.2 Å². The van der Waals surface area contributed by atoms with Gasteiger partial charge in [-0.1, -0.05) is 23.7 Å². The average molecular weight is 212 g/mol. The molecule has 1 aromatic carbocycles.